The summed E-state index contributed by atoms with van der Waals surface area (Å²) in [4.78, 5) is 8.17. The van der Waals surface area contributed by atoms with Gasteiger partial charge in [-0.1, -0.05) is 17.8 Å². The van der Waals surface area contributed by atoms with Gasteiger partial charge in [-0.05, 0) is 24.4 Å². The molecule has 2 N–H and O–H groups in total. The van der Waals surface area contributed by atoms with Crippen LogP contribution < -0.4 is 5.73 Å². The minimum Gasteiger partial charge on any atom is -0.368 e. The Hall–Kier alpha value is -1.07. The van der Waals surface area contributed by atoms with Gasteiger partial charge in [-0.25, -0.2) is 9.97 Å². The first-order valence-corrected chi connectivity index (χ1v) is 5.76. The fraction of sp³-hybridized carbons (Fsp3) is 0.111. The highest BCUT2D eigenvalue weighted by molar-refractivity contribution is 8.01. The Morgan fingerprint density at radius 2 is 2.29 bits per heavy atom. The Morgan fingerprint density at radius 3 is 2.93 bits per heavy atom. The summed E-state index contributed by atoms with van der Waals surface area (Å²) in [5.41, 5.74) is 6.46. The van der Waals surface area contributed by atoms with Gasteiger partial charge in [0.05, 0.1) is 4.21 Å². The number of hydrogen-bond acceptors (Lipinski definition) is 5. The lowest BCUT2D eigenvalue weighted by Crippen LogP contribution is -1.97. The van der Waals surface area contributed by atoms with Crippen molar-refractivity contribution in [2.75, 3.05) is 5.73 Å². The van der Waals surface area contributed by atoms with Crippen LogP contribution in [0, 0.1) is 6.92 Å². The van der Waals surface area contributed by atoms with Gasteiger partial charge in [-0.2, -0.15) is 0 Å². The average Bonchev–Trinajstić information content (AvgIpc) is 2.54. The van der Waals surface area contributed by atoms with E-state index in [-0.39, 0.29) is 0 Å². The summed E-state index contributed by atoms with van der Waals surface area (Å²) in [6, 6.07) is 6.01. The molecular formula is C9H9N3S2. The zero-order valence-corrected chi connectivity index (χ0v) is 9.23. The number of aromatic nitrogens is 2. The Balaban J connectivity index is 2.25. The Morgan fingerprint density at radius 1 is 1.43 bits per heavy atom. The van der Waals surface area contributed by atoms with Crippen molar-refractivity contribution in [3.63, 3.8) is 0 Å². The summed E-state index contributed by atoms with van der Waals surface area (Å²) in [7, 11) is 0. The third kappa shape index (κ3) is 2.24. The topological polar surface area (TPSA) is 51.8 Å². The summed E-state index contributed by atoms with van der Waals surface area (Å²) in [5.74, 6) is 0.337. The molecule has 14 heavy (non-hydrogen) atoms. The van der Waals surface area contributed by atoms with Crippen LogP contribution in [-0.2, 0) is 0 Å². The van der Waals surface area contributed by atoms with Gasteiger partial charge in [0.2, 0.25) is 5.95 Å². The van der Waals surface area contributed by atoms with Crippen LogP contribution in [0.2, 0.25) is 0 Å². The molecule has 72 valence electrons. The Labute approximate surface area is 90.4 Å². The van der Waals surface area contributed by atoms with E-state index in [1.165, 1.54) is 4.21 Å². The standard InChI is InChI=1S/C9H9N3S2/c1-6-5-7(12-9(10)11-6)14-8-3-2-4-13-8/h2-5H,1H3,(H2,10,11,12). The fourth-order valence-corrected chi connectivity index (χ4v) is 2.82. The molecule has 0 atom stereocenters. The van der Waals surface area contributed by atoms with E-state index in [1.807, 2.05) is 24.4 Å². The van der Waals surface area contributed by atoms with Gasteiger partial charge in [0.1, 0.15) is 5.03 Å². The van der Waals surface area contributed by atoms with Crippen LogP contribution in [0.25, 0.3) is 0 Å². The number of nitrogens with two attached hydrogens (primary N) is 1. The highest BCUT2D eigenvalue weighted by Gasteiger charge is 2.02. The van der Waals surface area contributed by atoms with Gasteiger partial charge in [0.15, 0.2) is 0 Å². The van der Waals surface area contributed by atoms with Crippen LogP contribution in [0.4, 0.5) is 5.95 Å². The van der Waals surface area contributed by atoms with E-state index in [0.717, 1.165) is 10.7 Å². The van der Waals surface area contributed by atoms with Crippen LogP contribution in [0.15, 0.2) is 32.8 Å². The maximum atomic E-state index is 5.56. The smallest absolute Gasteiger partial charge is 0.221 e. The monoisotopic (exact) mass is 223 g/mol. The van der Waals surface area contributed by atoms with Gasteiger partial charge in [0, 0.05) is 5.69 Å². The van der Waals surface area contributed by atoms with Crippen molar-refractivity contribution in [2.45, 2.75) is 16.2 Å². The molecule has 0 saturated heterocycles. The van der Waals surface area contributed by atoms with E-state index in [1.54, 1.807) is 23.1 Å². The van der Waals surface area contributed by atoms with E-state index in [2.05, 4.69) is 16.0 Å². The van der Waals surface area contributed by atoms with Crippen LogP contribution in [0.3, 0.4) is 0 Å². The third-order valence-corrected chi connectivity index (χ3v) is 3.50. The second-order valence-electron chi connectivity index (χ2n) is 2.74. The largest absolute Gasteiger partial charge is 0.368 e. The summed E-state index contributed by atoms with van der Waals surface area (Å²) < 4.78 is 1.21. The number of anilines is 1. The van der Waals surface area contributed by atoms with Gasteiger partial charge >= 0.3 is 0 Å². The minimum atomic E-state index is 0.337. The lowest BCUT2D eigenvalue weighted by Gasteiger charge is -2.00. The van der Waals surface area contributed by atoms with Crippen LogP contribution in [0.1, 0.15) is 5.69 Å². The zero-order chi connectivity index (χ0) is 9.97. The zero-order valence-electron chi connectivity index (χ0n) is 7.60. The van der Waals surface area contributed by atoms with E-state index in [0.29, 0.717) is 5.95 Å². The number of thiophene rings is 1. The molecule has 0 bridgehead atoms. The van der Waals surface area contributed by atoms with E-state index in [9.17, 15) is 0 Å². The van der Waals surface area contributed by atoms with E-state index < -0.39 is 0 Å². The molecule has 0 radical (unpaired) electrons. The molecule has 2 aromatic rings. The highest BCUT2D eigenvalue weighted by Crippen LogP contribution is 2.30. The molecule has 5 heteroatoms. The summed E-state index contributed by atoms with van der Waals surface area (Å²) >= 11 is 3.30. The van der Waals surface area contributed by atoms with Crippen molar-refractivity contribution in [1.82, 2.24) is 9.97 Å². The number of hydrogen-bond donors (Lipinski definition) is 1. The molecule has 2 aromatic heterocycles. The summed E-state index contributed by atoms with van der Waals surface area (Å²) in [6.45, 7) is 1.91. The normalized spacial score (nSPS) is 10.4. The number of rotatable bonds is 2. The molecule has 0 unspecified atom stereocenters. The first kappa shape index (κ1) is 9.48. The second-order valence-corrected chi connectivity index (χ2v) is 5.01. The minimum absolute atomic E-state index is 0.337. The van der Waals surface area contributed by atoms with Gasteiger partial charge in [-0.3, -0.25) is 0 Å². The van der Waals surface area contributed by atoms with Crippen molar-refractivity contribution in [3.05, 3.63) is 29.3 Å². The molecular weight excluding hydrogens is 214 g/mol. The van der Waals surface area contributed by atoms with Crippen molar-refractivity contribution >= 4 is 29.0 Å². The summed E-state index contributed by atoms with van der Waals surface area (Å²) in [5, 5.41) is 2.94. The Bertz CT molecular complexity index is 405. The molecule has 2 heterocycles. The molecule has 0 aliphatic carbocycles. The fourth-order valence-electron chi connectivity index (χ4n) is 1.04. The maximum Gasteiger partial charge on any atom is 0.221 e. The van der Waals surface area contributed by atoms with Crippen LogP contribution in [0.5, 0.6) is 0 Å². The van der Waals surface area contributed by atoms with Crippen LogP contribution in [-0.4, -0.2) is 9.97 Å². The lowest BCUT2D eigenvalue weighted by atomic mass is 10.5. The predicted molar refractivity (Wildman–Crippen MR) is 59.6 cm³/mol. The van der Waals surface area contributed by atoms with Crippen molar-refractivity contribution in [3.8, 4) is 0 Å². The number of aryl methyl sites for hydroxylation is 1. The molecule has 2 rings (SSSR count). The maximum absolute atomic E-state index is 5.56. The third-order valence-electron chi connectivity index (χ3n) is 1.55. The predicted octanol–water partition coefficient (Wildman–Crippen LogP) is 2.58. The molecule has 0 aliphatic rings. The summed E-state index contributed by atoms with van der Waals surface area (Å²) in [6.07, 6.45) is 0. The quantitative estimate of drug-likeness (QED) is 0.795. The van der Waals surface area contributed by atoms with Crippen LogP contribution >= 0.6 is 23.1 Å². The van der Waals surface area contributed by atoms with Gasteiger partial charge < -0.3 is 5.73 Å². The molecule has 0 aliphatic heterocycles. The molecule has 0 aromatic carbocycles. The molecule has 0 saturated carbocycles. The van der Waals surface area contributed by atoms with E-state index in [4.69, 9.17) is 5.73 Å². The first-order chi connectivity index (χ1) is 6.74. The molecule has 0 fully saturated rings. The average molecular weight is 223 g/mol. The molecule has 0 amide bonds. The number of nitrogen functional groups attached to an aromatic ring is 1. The van der Waals surface area contributed by atoms with Crippen molar-refractivity contribution < 1.29 is 0 Å². The van der Waals surface area contributed by atoms with Gasteiger partial charge in [0.25, 0.3) is 0 Å². The SMILES string of the molecule is Cc1cc(Sc2cccs2)nc(N)n1. The number of nitrogens with zero attached hydrogens (tertiary/aromatic N) is 2. The van der Waals surface area contributed by atoms with Gasteiger partial charge in [-0.15, -0.1) is 11.3 Å². The van der Waals surface area contributed by atoms with E-state index >= 15 is 0 Å². The molecule has 0 spiro atoms. The van der Waals surface area contributed by atoms with Crippen molar-refractivity contribution in [2.24, 2.45) is 0 Å². The Kier molecular flexibility index (Phi) is 2.69. The van der Waals surface area contributed by atoms with Crippen molar-refractivity contribution in [1.29, 1.82) is 0 Å². The second kappa shape index (κ2) is 3.98. The first-order valence-electron chi connectivity index (χ1n) is 4.06. The highest BCUT2D eigenvalue weighted by atomic mass is 32.2. The molecule has 3 nitrogen and oxygen atoms in total. The lowest BCUT2D eigenvalue weighted by molar-refractivity contribution is 1.02.